The number of hydrogen-bond donors (Lipinski definition) is 0. The second-order valence-electron chi connectivity index (χ2n) is 7.51. The van der Waals surface area contributed by atoms with Gasteiger partial charge in [-0.25, -0.2) is 4.90 Å². The molecule has 1 fully saturated rings. The topological polar surface area (TPSA) is 89.0 Å². The molecule has 1 saturated heterocycles. The summed E-state index contributed by atoms with van der Waals surface area (Å²) in [4.78, 5) is 46.5. The third kappa shape index (κ3) is 4.55. The Balaban J connectivity index is 1.68. The molecule has 0 spiro atoms. The van der Waals surface area contributed by atoms with Crippen molar-refractivity contribution in [1.29, 1.82) is 0 Å². The molecule has 8 heteroatoms. The van der Waals surface area contributed by atoms with Crippen molar-refractivity contribution in [3.63, 3.8) is 0 Å². The molecule has 8 nitrogen and oxygen atoms in total. The van der Waals surface area contributed by atoms with Crippen LogP contribution in [0.1, 0.15) is 22.3 Å². The summed E-state index contributed by atoms with van der Waals surface area (Å²) in [5, 5.41) is 0. The molecule has 2 heterocycles. The summed E-state index contributed by atoms with van der Waals surface area (Å²) in [6.45, 7) is 0.129. The minimum absolute atomic E-state index is 0.110. The Morgan fingerprint density at radius 3 is 2.45 bits per heavy atom. The number of aromatic nitrogens is 1. The SMILES string of the molecule is COc1ccc(N2C(=O)CC(N(Cc3cccnc3)C(=O)c3cccc(OC)c3)C2=O)cc1. The first kappa shape index (κ1) is 22.0. The average molecular weight is 445 g/mol. The molecule has 1 aromatic heterocycles. The van der Waals surface area contributed by atoms with Gasteiger partial charge in [-0.1, -0.05) is 12.1 Å². The van der Waals surface area contributed by atoms with E-state index in [1.165, 1.54) is 19.1 Å². The van der Waals surface area contributed by atoms with Gasteiger partial charge in [0.1, 0.15) is 17.5 Å². The number of ether oxygens (including phenoxy) is 2. The molecular formula is C25H23N3O5. The van der Waals surface area contributed by atoms with Crippen LogP contribution in [0.25, 0.3) is 0 Å². The lowest BCUT2D eigenvalue weighted by Crippen LogP contribution is -2.45. The van der Waals surface area contributed by atoms with E-state index in [0.29, 0.717) is 22.7 Å². The standard InChI is InChI=1S/C25H23N3O5/c1-32-20-10-8-19(9-11-20)28-23(29)14-22(25(28)31)27(16-17-5-4-12-26-15-17)24(30)18-6-3-7-21(13-18)33-2/h3-13,15,22H,14,16H2,1-2H3. The maximum atomic E-state index is 13.5. The molecule has 0 aliphatic carbocycles. The first-order valence-corrected chi connectivity index (χ1v) is 10.4. The largest absolute Gasteiger partial charge is 0.497 e. The van der Waals surface area contributed by atoms with Crippen molar-refractivity contribution in [3.05, 3.63) is 84.2 Å². The van der Waals surface area contributed by atoms with Crippen LogP contribution in [0.4, 0.5) is 5.69 Å². The van der Waals surface area contributed by atoms with Crippen LogP contribution < -0.4 is 14.4 Å². The summed E-state index contributed by atoms with van der Waals surface area (Å²) in [6.07, 6.45) is 3.16. The molecule has 33 heavy (non-hydrogen) atoms. The maximum absolute atomic E-state index is 13.5. The molecule has 0 saturated carbocycles. The van der Waals surface area contributed by atoms with Gasteiger partial charge >= 0.3 is 0 Å². The highest BCUT2D eigenvalue weighted by Crippen LogP contribution is 2.29. The fourth-order valence-electron chi connectivity index (χ4n) is 3.80. The predicted octanol–water partition coefficient (Wildman–Crippen LogP) is 3.07. The van der Waals surface area contributed by atoms with Crippen LogP contribution in [0.15, 0.2) is 73.1 Å². The van der Waals surface area contributed by atoms with Crippen molar-refractivity contribution in [1.82, 2.24) is 9.88 Å². The number of imide groups is 1. The lowest BCUT2D eigenvalue weighted by Gasteiger charge is -2.28. The van der Waals surface area contributed by atoms with Crippen LogP contribution >= 0.6 is 0 Å². The molecular weight excluding hydrogens is 422 g/mol. The minimum Gasteiger partial charge on any atom is -0.497 e. The summed E-state index contributed by atoms with van der Waals surface area (Å²) in [7, 11) is 3.06. The van der Waals surface area contributed by atoms with E-state index < -0.39 is 11.9 Å². The Bertz CT molecular complexity index is 1160. The van der Waals surface area contributed by atoms with Gasteiger partial charge in [-0.05, 0) is 54.1 Å². The first-order valence-electron chi connectivity index (χ1n) is 10.4. The van der Waals surface area contributed by atoms with E-state index in [-0.39, 0.29) is 24.8 Å². The van der Waals surface area contributed by atoms with E-state index in [4.69, 9.17) is 9.47 Å². The number of benzene rings is 2. The van der Waals surface area contributed by atoms with E-state index >= 15 is 0 Å². The van der Waals surface area contributed by atoms with Crippen molar-refractivity contribution in [3.8, 4) is 11.5 Å². The van der Waals surface area contributed by atoms with Crippen LogP contribution in [-0.4, -0.2) is 47.9 Å². The van der Waals surface area contributed by atoms with Gasteiger partial charge in [-0.3, -0.25) is 19.4 Å². The van der Waals surface area contributed by atoms with Crippen molar-refractivity contribution < 1.29 is 23.9 Å². The maximum Gasteiger partial charge on any atom is 0.257 e. The molecule has 2 aromatic carbocycles. The highest BCUT2D eigenvalue weighted by Gasteiger charge is 2.44. The summed E-state index contributed by atoms with van der Waals surface area (Å²) in [6, 6.07) is 16.0. The van der Waals surface area contributed by atoms with Gasteiger partial charge < -0.3 is 14.4 Å². The van der Waals surface area contributed by atoms with Gasteiger partial charge in [-0.15, -0.1) is 0 Å². The van der Waals surface area contributed by atoms with Crippen molar-refractivity contribution in [2.45, 2.75) is 19.0 Å². The van der Waals surface area contributed by atoms with Crippen LogP contribution in [0.2, 0.25) is 0 Å². The second-order valence-corrected chi connectivity index (χ2v) is 7.51. The highest BCUT2D eigenvalue weighted by atomic mass is 16.5. The van der Waals surface area contributed by atoms with Crippen LogP contribution in [0, 0.1) is 0 Å². The zero-order chi connectivity index (χ0) is 23.4. The third-order valence-corrected chi connectivity index (χ3v) is 5.48. The monoisotopic (exact) mass is 445 g/mol. The predicted molar refractivity (Wildman–Crippen MR) is 121 cm³/mol. The zero-order valence-electron chi connectivity index (χ0n) is 18.3. The summed E-state index contributed by atoms with van der Waals surface area (Å²) < 4.78 is 10.4. The number of anilines is 1. The molecule has 0 radical (unpaired) electrons. The van der Waals surface area contributed by atoms with Crippen LogP contribution in [-0.2, 0) is 16.1 Å². The molecule has 1 aliphatic rings. The van der Waals surface area contributed by atoms with Gasteiger partial charge in [0.05, 0.1) is 26.3 Å². The molecule has 3 amide bonds. The molecule has 1 atom stereocenters. The Hall–Kier alpha value is -4.20. The molecule has 168 valence electrons. The molecule has 0 N–H and O–H groups in total. The summed E-state index contributed by atoms with van der Waals surface area (Å²) >= 11 is 0. The van der Waals surface area contributed by atoms with Crippen molar-refractivity contribution in [2.75, 3.05) is 19.1 Å². The summed E-state index contributed by atoms with van der Waals surface area (Å²) in [5.41, 5.74) is 1.54. The van der Waals surface area contributed by atoms with E-state index in [1.807, 2.05) is 6.07 Å². The van der Waals surface area contributed by atoms with E-state index in [2.05, 4.69) is 4.98 Å². The average Bonchev–Trinajstić information content (AvgIpc) is 3.16. The van der Waals surface area contributed by atoms with E-state index in [1.54, 1.807) is 67.0 Å². The van der Waals surface area contributed by atoms with Gasteiger partial charge in [-0.2, -0.15) is 0 Å². The van der Waals surface area contributed by atoms with E-state index in [0.717, 1.165) is 10.5 Å². The third-order valence-electron chi connectivity index (χ3n) is 5.48. The number of carbonyl (C=O) groups is 3. The summed E-state index contributed by atoms with van der Waals surface area (Å²) in [5.74, 6) is -0.0627. The van der Waals surface area contributed by atoms with Crippen LogP contribution in [0.5, 0.6) is 11.5 Å². The fourth-order valence-corrected chi connectivity index (χ4v) is 3.80. The van der Waals surface area contributed by atoms with Gasteiger partial charge in [0.15, 0.2) is 0 Å². The Kier molecular flexibility index (Phi) is 6.35. The minimum atomic E-state index is -0.946. The molecule has 0 bridgehead atoms. The van der Waals surface area contributed by atoms with Crippen molar-refractivity contribution in [2.24, 2.45) is 0 Å². The lowest BCUT2D eigenvalue weighted by molar-refractivity contribution is -0.122. The van der Waals surface area contributed by atoms with Gasteiger partial charge in [0, 0.05) is 24.5 Å². The molecule has 1 aliphatic heterocycles. The lowest BCUT2D eigenvalue weighted by atomic mass is 10.1. The number of pyridine rings is 1. The van der Waals surface area contributed by atoms with Crippen molar-refractivity contribution >= 4 is 23.4 Å². The molecule has 4 rings (SSSR count). The second kappa shape index (κ2) is 9.52. The number of carbonyl (C=O) groups excluding carboxylic acids is 3. The quantitative estimate of drug-likeness (QED) is 0.520. The number of hydrogen-bond acceptors (Lipinski definition) is 6. The number of nitrogens with zero attached hydrogens (tertiary/aromatic N) is 3. The van der Waals surface area contributed by atoms with E-state index in [9.17, 15) is 14.4 Å². The van der Waals surface area contributed by atoms with Gasteiger partial charge in [0.2, 0.25) is 5.91 Å². The normalized spacial score (nSPS) is 15.5. The highest BCUT2D eigenvalue weighted by molar-refractivity contribution is 6.23. The number of rotatable bonds is 7. The molecule has 3 aromatic rings. The Labute approximate surface area is 191 Å². The number of methoxy groups -OCH3 is 2. The van der Waals surface area contributed by atoms with Crippen LogP contribution in [0.3, 0.4) is 0 Å². The smallest absolute Gasteiger partial charge is 0.257 e. The Morgan fingerprint density at radius 2 is 1.79 bits per heavy atom. The zero-order valence-corrected chi connectivity index (χ0v) is 18.3. The first-order chi connectivity index (χ1) is 16.0. The molecule has 1 unspecified atom stereocenters. The van der Waals surface area contributed by atoms with Gasteiger partial charge in [0.25, 0.3) is 11.8 Å². The number of amides is 3. The fraction of sp³-hybridized carbons (Fsp3) is 0.200. The Morgan fingerprint density at radius 1 is 1.03 bits per heavy atom.